The van der Waals surface area contributed by atoms with Crippen LogP contribution in [0.25, 0.3) is 0 Å². The molecule has 1 unspecified atom stereocenters. The van der Waals surface area contributed by atoms with Crippen molar-refractivity contribution in [3.63, 3.8) is 0 Å². The molecule has 0 saturated carbocycles. The first-order valence-corrected chi connectivity index (χ1v) is 8.28. The maximum absolute atomic E-state index is 12.7. The molecule has 2 aromatic heterocycles. The van der Waals surface area contributed by atoms with Gasteiger partial charge in [-0.1, -0.05) is 6.92 Å². The quantitative estimate of drug-likeness (QED) is 0.866. The molecule has 0 spiro atoms. The highest BCUT2D eigenvalue weighted by molar-refractivity contribution is 7.10. The normalized spacial score (nSPS) is 16.5. The zero-order valence-electron chi connectivity index (χ0n) is 12.7. The lowest BCUT2D eigenvalue weighted by atomic mass is 9.98. The Kier molecular flexibility index (Phi) is 4.14. The van der Waals surface area contributed by atoms with Crippen LogP contribution in [0, 0.1) is 22.7 Å². The minimum absolute atomic E-state index is 0.0353. The molecule has 1 atom stereocenters. The molecule has 2 aromatic rings. The van der Waals surface area contributed by atoms with Gasteiger partial charge in [-0.05, 0) is 29.9 Å². The zero-order valence-corrected chi connectivity index (χ0v) is 13.5. The molecule has 0 saturated heterocycles. The second-order valence-corrected chi connectivity index (χ2v) is 6.35. The van der Waals surface area contributed by atoms with Crippen molar-refractivity contribution in [3.05, 3.63) is 39.6 Å². The Morgan fingerprint density at radius 2 is 2.30 bits per heavy atom. The van der Waals surface area contributed by atoms with E-state index >= 15 is 0 Å². The number of rotatable bonds is 3. The second kappa shape index (κ2) is 6.23. The number of hydrogen-bond acceptors (Lipinski definition) is 5. The van der Waals surface area contributed by atoms with Gasteiger partial charge in [0.25, 0.3) is 0 Å². The standard InChI is InChI=1S/C16H15N5OS/c1-2-13-11-4-6-23-15(11)3-5-21(13)16(22)9-20-10-19-12(7-17)14(20)8-18/h4,6,10,13H,2-3,5,9H2,1H3. The maximum Gasteiger partial charge on any atom is 0.243 e. The number of carbonyl (C=O) groups excluding carboxylic acids is 1. The van der Waals surface area contributed by atoms with E-state index in [-0.39, 0.29) is 29.9 Å². The van der Waals surface area contributed by atoms with Crippen LogP contribution < -0.4 is 0 Å². The van der Waals surface area contributed by atoms with Crippen LogP contribution in [-0.2, 0) is 17.8 Å². The number of hydrogen-bond donors (Lipinski definition) is 0. The fourth-order valence-electron chi connectivity index (χ4n) is 3.07. The van der Waals surface area contributed by atoms with E-state index in [1.165, 1.54) is 21.3 Å². The molecule has 0 aromatic carbocycles. The Balaban J connectivity index is 1.83. The number of nitriles is 2. The summed E-state index contributed by atoms with van der Waals surface area (Å²) in [4.78, 5) is 19.8. The first-order chi connectivity index (χ1) is 11.2. The topological polar surface area (TPSA) is 85.7 Å². The molecule has 1 aliphatic rings. The van der Waals surface area contributed by atoms with Crippen LogP contribution >= 0.6 is 11.3 Å². The Morgan fingerprint density at radius 3 is 3.00 bits per heavy atom. The van der Waals surface area contributed by atoms with Crippen LogP contribution in [0.5, 0.6) is 0 Å². The van der Waals surface area contributed by atoms with Gasteiger partial charge in [0.2, 0.25) is 5.91 Å². The average Bonchev–Trinajstić information content (AvgIpc) is 3.19. The Labute approximate surface area is 138 Å². The molecule has 1 aliphatic heterocycles. The van der Waals surface area contributed by atoms with Crippen LogP contribution in [0.2, 0.25) is 0 Å². The van der Waals surface area contributed by atoms with E-state index in [0.29, 0.717) is 6.54 Å². The van der Waals surface area contributed by atoms with Crippen LogP contribution in [-0.4, -0.2) is 26.9 Å². The van der Waals surface area contributed by atoms with E-state index in [1.54, 1.807) is 11.3 Å². The summed E-state index contributed by atoms with van der Waals surface area (Å²) < 4.78 is 1.46. The lowest BCUT2D eigenvalue weighted by Gasteiger charge is -2.35. The van der Waals surface area contributed by atoms with Crippen LogP contribution in [0.15, 0.2) is 17.8 Å². The summed E-state index contributed by atoms with van der Waals surface area (Å²) in [5.41, 5.74) is 1.44. The van der Waals surface area contributed by atoms with Gasteiger partial charge in [-0.15, -0.1) is 11.3 Å². The number of aromatic nitrogens is 2. The van der Waals surface area contributed by atoms with E-state index in [1.807, 2.05) is 17.0 Å². The fraction of sp³-hybridized carbons (Fsp3) is 0.375. The molecular formula is C16H15N5OS. The maximum atomic E-state index is 12.7. The van der Waals surface area contributed by atoms with Gasteiger partial charge >= 0.3 is 0 Å². The predicted molar refractivity (Wildman–Crippen MR) is 84.4 cm³/mol. The van der Waals surface area contributed by atoms with Crippen LogP contribution in [0.4, 0.5) is 0 Å². The summed E-state index contributed by atoms with van der Waals surface area (Å²) in [6, 6.07) is 6.00. The molecule has 3 rings (SSSR count). The molecule has 0 N–H and O–H groups in total. The number of imidazole rings is 1. The number of amides is 1. The minimum Gasteiger partial charge on any atom is -0.334 e. The third-order valence-corrected chi connectivity index (χ3v) is 5.15. The first-order valence-electron chi connectivity index (χ1n) is 7.40. The van der Waals surface area contributed by atoms with E-state index in [2.05, 4.69) is 23.4 Å². The molecule has 0 radical (unpaired) electrons. The van der Waals surface area contributed by atoms with Gasteiger partial charge in [-0.3, -0.25) is 4.79 Å². The Hall–Kier alpha value is -2.64. The summed E-state index contributed by atoms with van der Waals surface area (Å²) in [6.45, 7) is 2.80. The van der Waals surface area contributed by atoms with Crippen molar-refractivity contribution in [1.29, 1.82) is 10.5 Å². The van der Waals surface area contributed by atoms with Crippen LogP contribution in [0.3, 0.4) is 0 Å². The van der Waals surface area contributed by atoms with Crippen molar-refractivity contribution in [2.24, 2.45) is 0 Å². The number of thiophene rings is 1. The minimum atomic E-state index is -0.0490. The lowest BCUT2D eigenvalue weighted by molar-refractivity contribution is -0.134. The van der Waals surface area contributed by atoms with E-state index in [0.717, 1.165) is 12.8 Å². The third-order valence-electron chi connectivity index (χ3n) is 4.16. The van der Waals surface area contributed by atoms with Crippen molar-refractivity contribution in [2.45, 2.75) is 32.4 Å². The van der Waals surface area contributed by atoms with Gasteiger partial charge in [0.15, 0.2) is 11.4 Å². The number of nitrogens with zero attached hydrogens (tertiary/aromatic N) is 5. The first kappa shape index (κ1) is 15.3. The highest BCUT2D eigenvalue weighted by Gasteiger charge is 2.30. The molecule has 0 bridgehead atoms. The van der Waals surface area contributed by atoms with Gasteiger partial charge in [0, 0.05) is 11.4 Å². The van der Waals surface area contributed by atoms with Crippen LogP contribution in [0.1, 0.15) is 41.2 Å². The average molecular weight is 325 g/mol. The Morgan fingerprint density at radius 1 is 1.48 bits per heavy atom. The molecule has 0 aliphatic carbocycles. The van der Waals surface area contributed by atoms with Gasteiger partial charge < -0.3 is 9.47 Å². The van der Waals surface area contributed by atoms with E-state index < -0.39 is 0 Å². The molecule has 3 heterocycles. The monoisotopic (exact) mass is 325 g/mol. The highest BCUT2D eigenvalue weighted by atomic mass is 32.1. The third kappa shape index (κ3) is 2.60. The summed E-state index contributed by atoms with van der Waals surface area (Å²) in [5.74, 6) is -0.0490. The van der Waals surface area contributed by atoms with Gasteiger partial charge in [0.1, 0.15) is 18.7 Å². The van der Waals surface area contributed by atoms with Gasteiger partial charge in [-0.25, -0.2) is 4.98 Å². The fourth-order valence-corrected chi connectivity index (χ4v) is 4.00. The van der Waals surface area contributed by atoms with Crippen molar-refractivity contribution < 1.29 is 4.79 Å². The van der Waals surface area contributed by atoms with Crippen molar-refractivity contribution in [2.75, 3.05) is 6.54 Å². The molecular weight excluding hydrogens is 310 g/mol. The summed E-state index contributed by atoms with van der Waals surface area (Å²) >= 11 is 1.74. The number of fused-ring (bicyclic) bond motifs is 1. The SMILES string of the molecule is CCC1c2ccsc2CCN1C(=O)Cn1cnc(C#N)c1C#N. The molecule has 23 heavy (non-hydrogen) atoms. The van der Waals surface area contributed by atoms with Crippen molar-refractivity contribution in [3.8, 4) is 12.1 Å². The largest absolute Gasteiger partial charge is 0.334 e. The zero-order chi connectivity index (χ0) is 16.4. The Bertz CT molecular complexity index is 822. The number of carbonyl (C=O) groups is 1. The molecule has 0 fully saturated rings. The highest BCUT2D eigenvalue weighted by Crippen LogP contribution is 2.35. The second-order valence-electron chi connectivity index (χ2n) is 5.35. The predicted octanol–water partition coefficient (Wildman–Crippen LogP) is 2.22. The van der Waals surface area contributed by atoms with Crippen molar-refractivity contribution >= 4 is 17.2 Å². The van der Waals surface area contributed by atoms with E-state index in [4.69, 9.17) is 10.5 Å². The van der Waals surface area contributed by atoms with E-state index in [9.17, 15) is 4.79 Å². The van der Waals surface area contributed by atoms with Gasteiger partial charge in [0.05, 0.1) is 12.4 Å². The summed E-state index contributed by atoms with van der Waals surface area (Å²) in [5, 5.41) is 20.2. The smallest absolute Gasteiger partial charge is 0.243 e. The lowest BCUT2D eigenvalue weighted by Crippen LogP contribution is -2.41. The summed E-state index contributed by atoms with van der Waals surface area (Å²) in [7, 11) is 0. The van der Waals surface area contributed by atoms with Gasteiger partial charge in [-0.2, -0.15) is 10.5 Å². The van der Waals surface area contributed by atoms with Crippen molar-refractivity contribution in [1.82, 2.24) is 14.5 Å². The molecule has 116 valence electrons. The molecule has 6 nitrogen and oxygen atoms in total. The summed E-state index contributed by atoms with van der Waals surface area (Å²) in [6.07, 6.45) is 3.11. The molecule has 7 heteroatoms. The molecule has 1 amide bonds.